The molecule has 30 heavy (non-hydrogen) atoms. The first kappa shape index (κ1) is 24.0. The zero-order valence-corrected chi connectivity index (χ0v) is 19.5. The van der Waals surface area contributed by atoms with Crippen molar-refractivity contribution in [3.63, 3.8) is 0 Å². The van der Waals surface area contributed by atoms with Crippen molar-refractivity contribution >= 4 is 35.0 Å². The maximum atomic E-state index is 13.2. The van der Waals surface area contributed by atoms with Gasteiger partial charge in [0.15, 0.2) is 0 Å². The van der Waals surface area contributed by atoms with Crippen LogP contribution >= 0.6 is 23.2 Å². The molecule has 2 amide bonds. The summed E-state index contributed by atoms with van der Waals surface area (Å²) in [5.74, 6) is 0.338. The zero-order valence-electron chi connectivity index (χ0n) is 18.0. The van der Waals surface area contributed by atoms with E-state index < -0.39 is 11.6 Å². The Morgan fingerprint density at radius 3 is 2.17 bits per heavy atom. The van der Waals surface area contributed by atoms with E-state index in [1.807, 2.05) is 45.0 Å². The van der Waals surface area contributed by atoms with Gasteiger partial charge in [0.2, 0.25) is 11.8 Å². The van der Waals surface area contributed by atoms with E-state index in [-0.39, 0.29) is 24.8 Å². The second-order valence-corrected chi connectivity index (χ2v) is 9.02. The maximum absolute atomic E-state index is 13.2. The van der Waals surface area contributed by atoms with Crippen molar-refractivity contribution < 1.29 is 14.3 Å². The molecular weight excluding hydrogens is 423 g/mol. The average Bonchev–Trinajstić information content (AvgIpc) is 2.67. The molecule has 0 saturated heterocycles. The second kappa shape index (κ2) is 10.2. The molecule has 2 aromatic carbocycles. The quantitative estimate of drug-likeness (QED) is 0.653. The van der Waals surface area contributed by atoms with E-state index in [1.165, 1.54) is 0 Å². The summed E-state index contributed by atoms with van der Waals surface area (Å²) in [5, 5.41) is 3.79. The van der Waals surface area contributed by atoms with Gasteiger partial charge >= 0.3 is 0 Å². The number of rotatable bonds is 7. The van der Waals surface area contributed by atoms with Gasteiger partial charge in [-0.2, -0.15) is 0 Å². The Bertz CT molecular complexity index is 892. The number of carbonyl (C=O) groups excluding carboxylic acids is 2. The summed E-state index contributed by atoms with van der Waals surface area (Å²) in [7, 11) is 1.59. The zero-order chi connectivity index (χ0) is 22.5. The van der Waals surface area contributed by atoms with Gasteiger partial charge in [-0.25, -0.2) is 0 Å². The predicted molar refractivity (Wildman–Crippen MR) is 121 cm³/mol. The number of halogens is 2. The molecule has 0 bridgehead atoms. The number of benzene rings is 2. The van der Waals surface area contributed by atoms with Crippen LogP contribution in [0.15, 0.2) is 42.5 Å². The molecule has 0 spiro atoms. The largest absolute Gasteiger partial charge is 0.497 e. The molecule has 0 radical (unpaired) electrons. The monoisotopic (exact) mass is 450 g/mol. The van der Waals surface area contributed by atoms with Gasteiger partial charge in [0.25, 0.3) is 0 Å². The van der Waals surface area contributed by atoms with Crippen LogP contribution in [-0.4, -0.2) is 35.4 Å². The predicted octanol–water partition coefficient (Wildman–Crippen LogP) is 4.88. The van der Waals surface area contributed by atoms with Crippen molar-refractivity contribution in [1.82, 2.24) is 10.2 Å². The van der Waals surface area contributed by atoms with Crippen LogP contribution in [-0.2, 0) is 22.6 Å². The van der Waals surface area contributed by atoms with Crippen LogP contribution in [0.3, 0.4) is 0 Å². The molecule has 0 heterocycles. The highest BCUT2D eigenvalue weighted by Crippen LogP contribution is 2.24. The minimum absolute atomic E-state index is 0.164. The van der Waals surface area contributed by atoms with Crippen molar-refractivity contribution in [2.75, 3.05) is 7.11 Å². The van der Waals surface area contributed by atoms with Crippen molar-refractivity contribution in [3.8, 4) is 5.75 Å². The van der Waals surface area contributed by atoms with Crippen LogP contribution in [0.2, 0.25) is 10.0 Å². The van der Waals surface area contributed by atoms with Gasteiger partial charge in [0.1, 0.15) is 11.8 Å². The molecule has 0 saturated carbocycles. The van der Waals surface area contributed by atoms with Gasteiger partial charge in [0, 0.05) is 12.1 Å². The normalized spacial score (nSPS) is 12.2. The number of methoxy groups -OCH3 is 1. The third-order valence-electron chi connectivity index (χ3n) is 4.52. The highest BCUT2D eigenvalue weighted by molar-refractivity contribution is 6.42. The van der Waals surface area contributed by atoms with Crippen molar-refractivity contribution in [2.45, 2.75) is 52.2 Å². The van der Waals surface area contributed by atoms with E-state index in [1.54, 1.807) is 37.1 Å². The fourth-order valence-electron chi connectivity index (χ4n) is 2.91. The van der Waals surface area contributed by atoms with Gasteiger partial charge in [-0.15, -0.1) is 0 Å². The van der Waals surface area contributed by atoms with Crippen LogP contribution in [0.1, 0.15) is 38.8 Å². The molecule has 0 aliphatic rings. The number of carbonyl (C=O) groups is 2. The molecule has 7 heteroatoms. The topological polar surface area (TPSA) is 58.6 Å². The fourth-order valence-corrected chi connectivity index (χ4v) is 3.23. The summed E-state index contributed by atoms with van der Waals surface area (Å²) < 4.78 is 5.17. The van der Waals surface area contributed by atoms with Crippen LogP contribution in [0.4, 0.5) is 0 Å². The summed E-state index contributed by atoms with van der Waals surface area (Å²) in [6, 6.07) is 11.8. The average molecular weight is 451 g/mol. The molecule has 1 unspecified atom stereocenters. The minimum atomic E-state index is -0.663. The first-order valence-corrected chi connectivity index (χ1v) is 10.4. The molecule has 0 aromatic heterocycles. The van der Waals surface area contributed by atoms with Crippen LogP contribution < -0.4 is 10.1 Å². The Kier molecular flexibility index (Phi) is 8.16. The highest BCUT2D eigenvalue weighted by atomic mass is 35.5. The maximum Gasteiger partial charge on any atom is 0.242 e. The van der Waals surface area contributed by atoms with Crippen LogP contribution in [0.5, 0.6) is 5.75 Å². The van der Waals surface area contributed by atoms with Crippen molar-refractivity contribution in [2.24, 2.45) is 0 Å². The van der Waals surface area contributed by atoms with Crippen molar-refractivity contribution in [1.29, 1.82) is 0 Å². The minimum Gasteiger partial charge on any atom is -0.497 e. The molecule has 1 atom stereocenters. The summed E-state index contributed by atoms with van der Waals surface area (Å²) in [6.45, 7) is 7.68. The second-order valence-electron chi connectivity index (χ2n) is 8.21. The lowest BCUT2D eigenvalue weighted by atomic mass is 10.1. The summed E-state index contributed by atoms with van der Waals surface area (Å²) >= 11 is 12.1. The van der Waals surface area contributed by atoms with Crippen LogP contribution in [0, 0.1) is 0 Å². The standard InChI is InChI=1S/C23H28Cl2N2O3/c1-15(22(29)26-23(2,3)4)27(14-17-8-11-19(24)20(25)12-17)21(28)13-16-6-9-18(30-5)10-7-16/h6-12,15H,13-14H2,1-5H3,(H,26,29). The molecule has 2 rings (SSSR count). The van der Waals surface area contributed by atoms with E-state index in [9.17, 15) is 9.59 Å². The molecule has 5 nitrogen and oxygen atoms in total. The number of nitrogens with one attached hydrogen (secondary N) is 1. The first-order chi connectivity index (χ1) is 14.0. The molecule has 1 N–H and O–H groups in total. The van der Waals surface area contributed by atoms with E-state index in [2.05, 4.69) is 5.32 Å². The van der Waals surface area contributed by atoms with Crippen molar-refractivity contribution in [3.05, 3.63) is 63.6 Å². The summed E-state index contributed by atoms with van der Waals surface area (Å²) in [5.41, 5.74) is 1.23. The number of amides is 2. The number of ether oxygens (including phenoxy) is 1. The van der Waals surface area contributed by atoms with Gasteiger partial charge < -0.3 is 15.0 Å². The molecule has 0 aliphatic carbocycles. The number of hydrogen-bond acceptors (Lipinski definition) is 3. The smallest absolute Gasteiger partial charge is 0.242 e. The third kappa shape index (κ3) is 6.92. The summed E-state index contributed by atoms with van der Waals surface area (Å²) in [4.78, 5) is 27.5. The van der Waals surface area contributed by atoms with Gasteiger partial charge in [-0.3, -0.25) is 9.59 Å². The van der Waals surface area contributed by atoms with Gasteiger partial charge in [-0.05, 0) is 63.1 Å². The van der Waals surface area contributed by atoms with Gasteiger partial charge in [0.05, 0.1) is 23.6 Å². The number of nitrogens with zero attached hydrogens (tertiary/aromatic N) is 1. The number of hydrogen-bond donors (Lipinski definition) is 1. The third-order valence-corrected chi connectivity index (χ3v) is 5.26. The molecule has 2 aromatic rings. The first-order valence-electron chi connectivity index (χ1n) is 9.68. The lowest BCUT2D eigenvalue weighted by Crippen LogP contribution is -2.52. The molecule has 162 valence electrons. The Morgan fingerprint density at radius 1 is 1.03 bits per heavy atom. The lowest BCUT2D eigenvalue weighted by Gasteiger charge is -2.31. The Balaban J connectivity index is 2.26. The van der Waals surface area contributed by atoms with Gasteiger partial charge in [-0.1, -0.05) is 41.4 Å². The SMILES string of the molecule is COc1ccc(CC(=O)N(Cc2ccc(Cl)c(Cl)c2)C(C)C(=O)NC(C)(C)C)cc1. The molecule has 0 fully saturated rings. The Hall–Kier alpha value is -2.24. The fraction of sp³-hybridized carbons (Fsp3) is 0.391. The molecular formula is C23H28Cl2N2O3. The lowest BCUT2D eigenvalue weighted by molar-refractivity contribution is -0.140. The Morgan fingerprint density at radius 2 is 1.63 bits per heavy atom. The van der Waals surface area contributed by atoms with E-state index >= 15 is 0 Å². The summed E-state index contributed by atoms with van der Waals surface area (Å²) in [6.07, 6.45) is 0.165. The Labute approximate surface area is 188 Å². The van der Waals surface area contributed by atoms with Crippen LogP contribution in [0.25, 0.3) is 0 Å². The van der Waals surface area contributed by atoms with E-state index in [0.717, 1.165) is 16.9 Å². The van der Waals surface area contributed by atoms with E-state index in [4.69, 9.17) is 27.9 Å². The molecule has 0 aliphatic heterocycles. The highest BCUT2D eigenvalue weighted by Gasteiger charge is 2.28. The van der Waals surface area contributed by atoms with E-state index in [0.29, 0.717) is 10.0 Å².